The summed E-state index contributed by atoms with van der Waals surface area (Å²) >= 11 is 13.3. The van der Waals surface area contributed by atoms with E-state index >= 15 is 0 Å². The van der Waals surface area contributed by atoms with Gasteiger partial charge in [0, 0.05) is 25.0 Å². The van der Waals surface area contributed by atoms with E-state index in [1.54, 1.807) is 30.6 Å². The third kappa shape index (κ3) is 3.83. The number of fused-ring (bicyclic) bond motifs is 1. The molecule has 4 aromatic rings. The second-order valence-corrected chi connectivity index (χ2v) is 8.64. The molecule has 2 aromatic heterocycles. The Hall–Kier alpha value is -3.01. The van der Waals surface area contributed by atoms with Gasteiger partial charge in [-0.1, -0.05) is 35.3 Å². The molecule has 0 saturated carbocycles. The Kier molecular flexibility index (Phi) is 5.89. The third-order valence-electron chi connectivity index (χ3n) is 4.98. The van der Waals surface area contributed by atoms with Crippen LogP contribution in [0.3, 0.4) is 0 Å². The monoisotopic (exact) mass is 492 g/mol. The van der Waals surface area contributed by atoms with Gasteiger partial charge in [-0.25, -0.2) is 14.2 Å². The summed E-state index contributed by atoms with van der Waals surface area (Å²) in [5, 5.41) is 4.91. The molecule has 0 aliphatic carbocycles. The summed E-state index contributed by atoms with van der Waals surface area (Å²) in [4.78, 5) is 41.8. The lowest BCUT2D eigenvalue weighted by atomic mass is 10.1. The Labute approximate surface area is 194 Å². The number of benzene rings is 2. The fourth-order valence-electron chi connectivity index (χ4n) is 3.39. The van der Waals surface area contributed by atoms with Crippen LogP contribution in [0.15, 0.2) is 45.3 Å². The number of anilines is 1. The molecule has 0 spiro atoms. The highest BCUT2D eigenvalue weighted by Crippen LogP contribution is 2.37. The van der Waals surface area contributed by atoms with E-state index in [1.165, 1.54) is 17.7 Å². The molecule has 1 amide bonds. The number of nitrogens with one attached hydrogen (secondary N) is 1. The number of carbonyl (C=O) groups excluding carboxylic acids is 1. The molecule has 2 heterocycles. The smallest absolute Gasteiger partial charge is 0.302 e. The van der Waals surface area contributed by atoms with Gasteiger partial charge in [0.2, 0.25) is 5.91 Å². The summed E-state index contributed by atoms with van der Waals surface area (Å²) in [5.74, 6) is -1.04. The predicted octanol–water partition coefficient (Wildman–Crippen LogP) is 3.99. The van der Waals surface area contributed by atoms with Crippen molar-refractivity contribution >= 4 is 56.5 Å². The van der Waals surface area contributed by atoms with E-state index in [4.69, 9.17) is 23.2 Å². The van der Waals surface area contributed by atoms with Gasteiger partial charge in [0.15, 0.2) is 5.13 Å². The van der Waals surface area contributed by atoms with Crippen molar-refractivity contribution in [3.63, 3.8) is 0 Å². The van der Waals surface area contributed by atoms with Crippen molar-refractivity contribution in [3.8, 4) is 11.3 Å². The number of aromatic nitrogens is 3. The third-order valence-corrected chi connectivity index (χ3v) is 6.43. The summed E-state index contributed by atoms with van der Waals surface area (Å²) in [5.41, 5.74) is 0.560. The first-order valence-electron chi connectivity index (χ1n) is 9.26. The topological polar surface area (TPSA) is 86.0 Å². The Balaban J connectivity index is 1.63. The Morgan fingerprint density at radius 3 is 2.66 bits per heavy atom. The number of thiazole rings is 1. The van der Waals surface area contributed by atoms with E-state index in [-0.39, 0.29) is 27.2 Å². The molecule has 0 unspecified atom stereocenters. The zero-order valence-corrected chi connectivity index (χ0v) is 19.1. The molecule has 0 bridgehead atoms. The van der Waals surface area contributed by atoms with Crippen LogP contribution in [0.5, 0.6) is 0 Å². The van der Waals surface area contributed by atoms with Crippen LogP contribution in [0.1, 0.15) is 5.56 Å². The molecule has 164 valence electrons. The summed E-state index contributed by atoms with van der Waals surface area (Å²) in [7, 11) is 2.95. The minimum Gasteiger partial charge on any atom is -0.302 e. The molecule has 0 fully saturated rings. The average Bonchev–Trinajstić information content (AvgIpc) is 3.21. The highest BCUT2D eigenvalue weighted by atomic mass is 35.5. The predicted molar refractivity (Wildman–Crippen MR) is 124 cm³/mol. The Bertz CT molecular complexity index is 1510. The molecule has 0 radical (unpaired) electrons. The highest BCUT2D eigenvalue weighted by molar-refractivity contribution is 7.14. The van der Waals surface area contributed by atoms with Gasteiger partial charge in [0.05, 0.1) is 33.1 Å². The first kappa shape index (κ1) is 22.2. The molecule has 0 aliphatic heterocycles. The number of hydrogen-bond donors (Lipinski definition) is 1. The molecule has 1 N–H and O–H groups in total. The van der Waals surface area contributed by atoms with Crippen LogP contribution in [-0.4, -0.2) is 20.0 Å². The first-order chi connectivity index (χ1) is 15.2. The van der Waals surface area contributed by atoms with Gasteiger partial charge in [0.1, 0.15) is 5.82 Å². The quantitative estimate of drug-likeness (QED) is 0.436. The van der Waals surface area contributed by atoms with Crippen molar-refractivity contribution in [2.24, 2.45) is 14.1 Å². The lowest BCUT2D eigenvalue weighted by molar-refractivity contribution is -0.115. The number of hydrogen-bond acceptors (Lipinski definition) is 5. The average molecular weight is 493 g/mol. The van der Waals surface area contributed by atoms with Gasteiger partial charge >= 0.3 is 5.69 Å². The van der Waals surface area contributed by atoms with Crippen LogP contribution >= 0.6 is 34.5 Å². The van der Waals surface area contributed by atoms with Crippen molar-refractivity contribution in [1.29, 1.82) is 0 Å². The zero-order valence-electron chi connectivity index (χ0n) is 16.8. The van der Waals surface area contributed by atoms with Gasteiger partial charge in [-0.05, 0) is 23.8 Å². The molecule has 0 atom stereocenters. The van der Waals surface area contributed by atoms with E-state index in [9.17, 15) is 18.8 Å². The number of nitrogens with zero attached hydrogens (tertiary/aromatic N) is 3. The van der Waals surface area contributed by atoms with Crippen LogP contribution in [0.25, 0.3) is 22.2 Å². The van der Waals surface area contributed by atoms with E-state index < -0.39 is 23.0 Å². The van der Waals surface area contributed by atoms with Gasteiger partial charge in [-0.15, -0.1) is 11.3 Å². The fraction of sp³-hybridized carbons (Fsp3) is 0.143. The number of amides is 1. The SMILES string of the molecule is Cn1c(=O)c2c(CC(=O)Nc3nc(-c4c(Cl)ccc(F)c4Cl)cs3)cccc2n(C)c1=O. The maximum atomic E-state index is 13.8. The minimum atomic E-state index is -0.628. The Morgan fingerprint density at radius 2 is 1.91 bits per heavy atom. The van der Waals surface area contributed by atoms with E-state index in [2.05, 4.69) is 10.3 Å². The summed E-state index contributed by atoms with van der Waals surface area (Å²) in [6.07, 6.45) is -0.110. The summed E-state index contributed by atoms with van der Waals surface area (Å²) in [6, 6.07) is 7.53. The standard InChI is InChI=1S/C21H15Cl2FN4O3S/c1-27-14-5-3-4-10(16(14)19(30)28(2)21(27)31)8-15(29)26-20-25-13(9-32-20)17-11(22)6-7-12(24)18(17)23/h3-7,9H,8H2,1-2H3,(H,25,26,29). The maximum Gasteiger partial charge on any atom is 0.330 e. The van der Waals surface area contributed by atoms with Crippen molar-refractivity contribution < 1.29 is 9.18 Å². The van der Waals surface area contributed by atoms with Crippen molar-refractivity contribution in [2.45, 2.75) is 6.42 Å². The summed E-state index contributed by atoms with van der Waals surface area (Å²) in [6.45, 7) is 0. The highest BCUT2D eigenvalue weighted by Gasteiger charge is 2.18. The lowest BCUT2D eigenvalue weighted by Gasteiger charge is -2.11. The molecular formula is C21H15Cl2FN4O3S. The van der Waals surface area contributed by atoms with Crippen LogP contribution in [0.4, 0.5) is 9.52 Å². The number of carbonyl (C=O) groups is 1. The van der Waals surface area contributed by atoms with E-state index in [0.717, 1.165) is 22.0 Å². The molecular weight excluding hydrogens is 478 g/mol. The molecule has 0 aliphatic rings. The molecule has 0 saturated heterocycles. The largest absolute Gasteiger partial charge is 0.330 e. The first-order valence-corrected chi connectivity index (χ1v) is 10.9. The molecule has 2 aromatic carbocycles. The number of halogens is 3. The van der Waals surface area contributed by atoms with Crippen molar-refractivity contribution in [2.75, 3.05) is 5.32 Å². The maximum absolute atomic E-state index is 13.8. The van der Waals surface area contributed by atoms with Crippen molar-refractivity contribution in [3.05, 3.63) is 78.0 Å². The van der Waals surface area contributed by atoms with E-state index in [0.29, 0.717) is 22.2 Å². The van der Waals surface area contributed by atoms with Gasteiger partial charge in [-0.2, -0.15) is 0 Å². The van der Waals surface area contributed by atoms with Crippen LogP contribution in [0, 0.1) is 5.82 Å². The van der Waals surface area contributed by atoms with Gasteiger partial charge < -0.3 is 5.32 Å². The van der Waals surface area contributed by atoms with E-state index in [1.807, 2.05) is 0 Å². The summed E-state index contributed by atoms with van der Waals surface area (Å²) < 4.78 is 16.2. The number of aryl methyl sites for hydroxylation is 1. The molecule has 7 nitrogen and oxygen atoms in total. The second kappa shape index (κ2) is 8.50. The fourth-order valence-corrected chi connectivity index (χ4v) is 4.67. The van der Waals surface area contributed by atoms with Gasteiger partial charge in [-0.3, -0.25) is 18.7 Å². The van der Waals surface area contributed by atoms with Crippen LogP contribution in [0.2, 0.25) is 10.0 Å². The van der Waals surface area contributed by atoms with Crippen molar-refractivity contribution in [1.82, 2.24) is 14.1 Å². The lowest BCUT2D eigenvalue weighted by Crippen LogP contribution is -2.37. The second-order valence-electron chi connectivity index (χ2n) is 7.00. The molecule has 4 rings (SSSR count). The zero-order chi connectivity index (χ0) is 23.2. The van der Waals surface area contributed by atoms with Crippen LogP contribution in [-0.2, 0) is 25.3 Å². The molecule has 11 heteroatoms. The van der Waals surface area contributed by atoms with Gasteiger partial charge in [0.25, 0.3) is 5.56 Å². The Morgan fingerprint density at radius 1 is 1.16 bits per heavy atom. The number of rotatable bonds is 4. The van der Waals surface area contributed by atoms with Crippen LogP contribution < -0.4 is 16.6 Å². The minimum absolute atomic E-state index is 0.110. The molecule has 32 heavy (non-hydrogen) atoms. The normalized spacial score (nSPS) is 11.2.